The molecule has 2 atom stereocenters. The van der Waals surface area contributed by atoms with Crippen molar-refractivity contribution >= 4 is 0 Å². The van der Waals surface area contributed by atoms with Gasteiger partial charge in [-0.25, -0.2) is 0 Å². The first-order valence-electron chi connectivity index (χ1n) is 6.24. The largest absolute Gasteiger partial charge is 0.270 e. The van der Waals surface area contributed by atoms with Crippen molar-refractivity contribution in [2.45, 2.75) is 65.3 Å². The van der Waals surface area contributed by atoms with Gasteiger partial charge >= 0.3 is 0 Å². The number of aromatic nitrogens is 2. The van der Waals surface area contributed by atoms with Crippen LogP contribution in [0.4, 0.5) is 0 Å². The lowest BCUT2D eigenvalue weighted by atomic mass is 10.0. The highest BCUT2D eigenvalue weighted by molar-refractivity contribution is 5.05. The summed E-state index contributed by atoms with van der Waals surface area (Å²) in [7, 11) is 0. The Bertz CT molecular complexity index is 278. The van der Waals surface area contributed by atoms with Crippen molar-refractivity contribution in [1.29, 1.82) is 0 Å². The van der Waals surface area contributed by atoms with Gasteiger partial charge < -0.3 is 0 Å². The van der Waals surface area contributed by atoms with E-state index in [1.165, 1.54) is 25.0 Å². The lowest BCUT2D eigenvalue weighted by Gasteiger charge is -2.10. The van der Waals surface area contributed by atoms with E-state index in [9.17, 15) is 0 Å². The van der Waals surface area contributed by atoms with Crippen LogP contribution < -0.4 is 0 Å². The molecule has 0 aliphatic heterocycles. The minimum absolute atomic E-state index is 0.525. The van der Waals surface area contributed by atoms with Gasteiger partial charge in [0, 0.05) is 18.2 Å². The maximum absolute atomic E-state index is 4.65. The van der Waals surface area contributed by atoms with Crippen molar-refractivity contribution in [3.8, 4) is 0 Å². The summed E-state index contributed by atoms with van der Waals surface area (Å²) in [4.78, 5) is 0. The fraction of sp³-hybridized carbons (Fsp3) is 0.769. The lowest BCUT2D eigenvalue weighted by Crippen LogP contribution is -2.05. The Morgan fingerprint density at radius 3 is 2.67 bits per heavy atom. The second-order valence-corrected chi connectivity index (χ2v) is 4.52. The molecule has 0 saturated heterocycles. The molecule has 0 radical (unpaired) electrons. The van der Waals surface area contributed by atoms with Crippen molar-refractivity contribution < 1.29 is 0 Å². The van der Waals surface area contributed by atoms with Crippen LogP contribution in [-0.2, 0) is 0 Å². The summed E-state index contributed by atoms with van der Waals surface area (Å²) >= 11 is 0. The number of hydrogen-bond acceptors (Lipinski definition) is 1. The van der Waals surface area contributed by atoms with Crippen LogP contribution in [0.2, 0.25) is 0 Å². The Morgan fingerprint density at radius 1 is 1.33 bits per heavy atom. The Kier molecular flexibility index (Phi) is 4.86. The first kappa shape index (κ1) is 12.3. The molecule has 86 valence electrons. The highest BCUT2D eigenvalue weighted by Crippen LogP contribution is 2.20. The Morgan fingerprint density at radius 2 is 2.07 bits per heavy atom. The lowest BCUT2D eigenvalue weighted by molar-refractivity contribution is 0.467. The van der Waals surface area contributed by atoms with E-state index in [0.717, 1.165) is 6.42 Å². The molecule has 2 unspecified atom stereocenters. The van der Waals surface area contributed by atoms with Gasteiger partial charge in [0.2, 0.25) is 0 Å². The van der Waals surface area contributed by atoms with Crippen LogP contribution in [0.25, 0.3) is 0 Å². The molecule has 0 aliphatic rings. The maximum atomic E-state index is 4.65. The quantitative estimate of drug-likeness (QED) is 0.686. The van der Waals surface area contributed by atoms with E-state index in [-0.39, 0.29) is 0 Å². The van der Waals surface area contributed by atoms with Crippen molar-refractivity contribution in [1.82, 2.24) is 9.78 Å². The highest BCUT2D eigenvalue weighted by Gasteiger charge is 2.10. The first-order valence-corrected chi connectivity index (χ1v) is 6.24. The Balaban J connectivity index is 2.58. The van der Waals surface area contributed by atoms with E-state index in [4.69, 9.17) is 0 Å². The van der Waals surface area contributed by atoms with Gasteiger partial charge in [0.25, 0.3) is 0 Å². The minimum Gasteiger partial charge on any atom is -0.270 e. The fourth-order valence-electron chi connectivity index (χ4n) is 1.71. The standard InChI is InChI=1S/C13H24N2/c1-5-7-8-11(3)13-9-10-15(14-13)12(4)6-2/h9-12H,5-8H2,1-4H3. The molecule has 0 spiro atoms. The monoisotopic (exact) mass is 208 g/mol. The van der Waals surface area contributed by atoms with Crippen LogP contribution >= 0.6 is 0 Å². The average molecular weight is 208 g/mol. The second-order valence-electron chi connectivity index (χ2n) is 4.52. The van der Waals surface area contributed by atoms with E-state index in [1.54, 1.807) is 0 Å². The smallest absolute Gasteiger partial charge is 0.0652 e. The molecule has 1 heterocycles. The number of unbranched alkanes of at least 4 members (excludes halogenated alkanes) is 1. The van der Waals surface area contributed by atoms with Gasteiger partial charge in [-0.1, -0.05) is 33.6 Å². The maximum Gasteiger partial charge on any atom is 0.0652 e. The van der Waals surface area contributed by atoms with Gasteiger partial charge in [-0.2, -0.15) is 5.10 Å². The van der Waals surface area contributed by atoms with Gasteiger partial charge in [-0.05, 0) is 25.8 Å². The predicted molar refractivity (Wildman–Crippen MR) is 65.2 cm³/mol. The van der Waals surface area contributed by atoms with E-state index in [1.807, 2.05) is 0 Å². The van der Waals surface area contributed by atoms with Crippen LogP contribution in [0.15, 0.2) is 12.3 Å². The van der Waals surface area contributed by atoms with Crippen molar-refractivity contribution in [2.24, 2.45) is 0 Å². The highest BCUT2D eigenvalue weighted by atomic mass is 15.3. The molecule has 2 heteroatoms. The second kappa shape index (κ2) is 5.94. The molecule has 0 N–H and O–H groups in total. The third-order valence-electron chi connectivity index (χ3n) is 3.17. The van der Waals surface area contributed by atoms with Gasteiger partial charge in [-0.3, -0.25) is 4.68 Å². The van der Waals surface area contributed by atoms with E-state index >= 15 is 0 Å². The first-order chi connectivity index (χ1) is 7.19. The van der Waals surface area contributed by atoms with Gasteiger partial charge in [0.05, 0.1) is 5.69 Å². The number of hydrogen-bond donors (Lipinski definition) is 0. The van der Waals surface area contributed by atoms with Crippen LogP contribution in [0.3, 0.4) is 0 Å². The van der Waals surface area contributed by atoms with E-state index in [2.05, 4.69) is 49.7 Å². The van der Waals surface area contributed by atoms with Crippen molar-refractivity contribution in [2.75, 3.05) is 0 Å². The van der Waals surface area contributed by atoms with Crippen molar-refractivity contribution in [3.63, 3.8) is 0 Å². The molecule has 0 bridgehead atoms. The summed E-state index contributed by atoms with van der Waals surface area (Å²) < 4.78 is 2.10. The molecule has 0 fully saturated rings. The molecular weight excluding hydrogens is 184 g/mol. The third kappa shape index (κ3) is 3.37. The molecule has 1 rings (SSSR count). The zero-order valence-electron chi connectivity index (χ0n) is 10.5. The predicted octanol–water partition coefficient (Wildman–Crippen LogP) is 4.15. The van der Waals surface area contributed by atoms with Crippen LogP contribution in [0, 0.1) is 0 Å². The molecule has 0 saturated carbocycles. The topological polar surface area (TPSA) is 17.8 Å². The molecule has 0 aromatic carbocycles. The summed E-state index contributed by atoms with van der Waals surface area (Å²) in [6.07, 6.45) is 7.10. The summed E-state index contributed by atoms with van der Waals surface area (Å²) in [6, 6.07) is 2.70. The fourth-order valence-corrected chi connectivity index (χ4v) is 1.71. The molecule has 0 aliphatic carbocycles. The number of rotatable bonds is 6. The van der Waals surface area contributed by atoms with Crippen LogP contribution in [0.1, 0.15) is 71.0 Å². The van der Waals surface area contributed by atoms with Crippen LogP contribution in [-0.4, -0.2) is 9.78 Å². The van der Waals surface area contributed by atoms with Crippen LogP contribution in [0.5, 0.6) is 0 Å². The normalized spacial score (nSPS) is 15.2. The molecule has 1 aromatic rings. The summed E-state index contributed by atoms with van der Waals surface area (Å²) in [5.74, 6) is 0.607. The van der Waals surface area contributed by atoms with Crippen molar-refractivity contribution in [3.05, 3.63) is 18.0 Å². The molecular formula is C13H24N2. The molecule has 1 aromatic heterocycles. The SMILES string of the molecule is CCCCC(C)c1ccn(C(C)CC)n1. The Hall–Kier alpha value is -0.790. The zero-order valence-corrected chi connectivity index (χ0v) is 10.5. The van der Waals surface area contributed by atoms with E-state index in [0.29, 0.717) is 12.0 Å². The van der Waals surface area contributed by atoms with Gasteiger partial charge in [-0.15, -0.1) is 0 Å². The average Bonchev–Trinajstić information content (AvgIpc) is 2.74. The minimum atomic E-state index is 0.525. The Labute approximate surface area is 93.7 Å². The molecule has 15 heavy (non-hydrogen) atoms. The van der Waals surface area contributed by atoms with E-state index < -0.39 is 0 Å². The molecule has 0 amide bonds. The zero-order chi connectivity index (χ0) is 11.3. The third-order valence-corrected chi connectivity index (χ3v) is 3.17. The summed E-state index contributed by atoms with van der Waals surface area (Å²) in [6.45, 7) is 8.93. The molecule has 2 nitrogen and oxygen atoms in total. The number of nitrogens with zero attached hydrogens (tertiary/aromatic N) is 2. The summed E-state index contributed by atoms with van der Waals surface area (Å²) in [5.41, 5.74) is 1.25. The van der Waals surface area contributed by atoms with Gasteiger partial charge in [0.15, 0.2) is 0 Å². The summed E-state index contributed by atoms with van der Waals surface area (Å²) in [5, 5.41) is 4.65. The van der Waals surface area contributed by atoms with Gasteiger partial charge in [0.1, 0.15) is 0 Å².